The van der Waals surface area contributed by atoms with E-state index in [2.05, 4.69) is 23.0 Å². The molecule has 3 atom stereocenters. The van der Waals surface area contributed by atoms with Crippen molar-refractivity contribution in [1.29, 1.82) is 0 Å². The predicted octanol–water partition coefficient (Wildman–Crippen LogP) is 4.52. The Morgan fingerprint density at radius 1 is 1.34 bits per heavy atom. The van der Waals surface area contributed by atoms with E-state index < -0.39 is 18.0 Å². The molecular weight excluding hydrogens is 414 g/mol. The first-order valence-electron chi connectivity index (χ1n) is 10.4. The molecule has 1 aromatic carbocycles. The van der Waals surface area contributed by atoms with Gasteiger partial charge in [-0.3, -0.25) is 4.79 Å². The highest BCUT2D eigenvalue weighted by atomic mass is 16.7. The van der Waals surface area contributed by atoms with Crippen molar-refractivity contribution in [3.63, 3.8) is 0 Å². The Kier molecular flexibility index (Phi) is 10.5. The second-order valence-corrected chi connectivity index (χ2v) is 7.42. The summed E-state index contributed by atoms with van der Waals surface area (Å²) in [4.78, 5) is 27.1. The highest BCUT2D eigenvalue weighted by Gasteiger charge is 2.27. The van der Waals surface area contributed by atoms with Crippen LogP contribution in [-0.2, 0) is 25.4 Å². The highest BCUT2D eigenvalue weighted by Crippen LogP contribution is 2.28. The van der Waals surface area contributed by atoms with Crippen LogP contribution in [0.1, 0.15) is 42.1 Å². The molecule has 172 valence electrons. The van der Waals surface area contributed by atoms with Gasteiger partial charge in [0.2, 0.25) is 5.91 Å². The molecule has 1 aromatic rings. The molecule has 0 aromatic heterocycles. The van der Waals surface area contributed by atoms with E-state index >= 15 is 0 Å². The minimum absolute atomic E-state index is 0.112. The van der Waals surface area contributed by atoms with Crippen LogP contribution >= 0.6 is 0 Å². The number of allylic oxidation sites excluding steroid dienone is 2. The SMILES string of the molecule is COCO[C@@H]1CC(C/C=C/C(=O)N=[N+]=[N-])OC(=O)c2c(cccc2OC)C/C=C/C[C@@H]1C. The number of nitrogens with zero attached hydrogens (tertiary/aromatic N) is 3. The molecule has 1 aliphatic rings. The number of azide groups is 1. The fourth-order valence-corrected chi connectivity index (χ4v) is 3.50. The summed E-state index contributed by atoms with van der Waals surface area (Å²) in [6, 6.07) is 5.43. The lowest BCUT2D eigenvalue weighted by Crippen LogP contribution is -2.31. The van der Waals surface area contributed by atoms with Gasteiger partial charge in [0.25, 0.3) is 0 Å². The lowest BCUT2D eigenvalue weighted by molar-refractivity contribution is -0.113. The number of fused-ring (bicyclic) bond motifs is 1. The van der Waals surface area contributed by atoms with E-state index in [9.17, 15) is 9.59 Å². The van der Waals surface area contributed by atoms with Gasteiger partial charge in [-0.1, -0.05) is 37.3 Å². The van der Waals surface area contributed by atoms with E-state index in [1.807, 2.05) is 18.2 Å². The van der Waals surface area contributed by atoms with E-state index in [4.69, 9.17) is 24.5 Å². The number of carbonyl (C=O) groups is 2. The second-order valence-electron chi connectivity index (χ2n) is 7.42. The van der Waals surface area contributed by atoms with Gasteiger partial charge in [-0.05, 0) is 47.1 Å². The monoisotopic (exact) mass is 443 g/mol. The molecule has 0 radical (unpaired) electrons. The maximum absolute atomic E-state index is 13.2. The Morgan fingerprint density at radius 3 is 2.88 bits per heavy atom. The summed E-state index contributed by atoms with van der Waals surface area (Å²) < 4.78 is 22.2. The zero-order valence-corrected chi connectivity index (χ0v) is 18.6. The number of ether oxygens (including phenoxy) is 4. The summed E-state index contributed by atoms with van der Waals surface area (Å²) in [6.45, 7) is 2.18. The Hall–Kier alpha value is -3.13. The van der Waals surface area contributed by atoms with Gasteiger partial charge in [-0.25, -0.2) is 4.79 Å². The van der Waals surface area contributed by atoms with E-state index in [1.165, 1.54) is 13.2 Å². The van der Waals surface area contributed by atoms with Crippen LogP contribution in [0, 0.1) is 5.92 Å². The number of methoxy groups -OCH3 is 2. The summed E-state index contributed by atoms with van der Waals surface area (Å²) >= 11 is 0. The van der Waals surface area contributed by atoms with Crippen LogP contribution in [0.2, 0.25) is 0 Å². The first kappa shape index (κ1) is 25.1. The van der Waals surface area contributed by atoms with Crippen molar-refractivity contribution in [3.05, 3.63) is 64.1 Å². The van der Waals surface area contributed by atoms with Crippen molar-refractivity contribution in [1.82, 2.24) is 0 Å². The minimum atomic E-state index is -0.718. The molecule has 32 heavy (non-hydrogen) atoms. The molecule has 0 saturated carbocycles. The first-order valence-corrected chi connectivity index (χ1v) is 10.4. The quantitative estimate of drug-likeness (QED) is 0.116. The third kappa shape index (κ3) is 7.53. The molecule has 1 unspecified atom stereocenters. The summed E-state index contributed by atoms with van der Waals surface area (Å²) in [5.74, 6) is -0.652. The third-order valence-corrected chi connectivity index (χ3v) is 5.16. The van der Waals surface area contributed by atoms with Gasteiger partial charge >= 0.3 is 5.97 Å². The van der Waals surface area contributed by atoms with Crippen molar-refractivity contribution in [2.45, 2.75) is 44.8 Å². The Balaban J connectivity index is 2.37. The van der Waals surface area contributed by atoms with E-state index in [0.29, 0.717) is 24.2 Å². The topological polar surface area (TPSA) is 120 Å². The van der Waals surface area contributed by atoms with Gasteiger partial charge in [0.05, 0.1) is 13.2 Å². The Morgan fingerprint density at radius 2 is 2.16 bits per heavy atom. The molecule has 0 N–H and O–H groups in total. The highest BCUT2D eigenvalue weighted by molar-refractivity contribution is 5.94. The molecule has 0 bridgehead atoms. The molecule has 0 aliphatic carbocycles. The third-order valence-electron chi connectivity index (χ3n) is 5.16. The molecule has 1 amide bonds. The fourth-order valence-electron chi connectivity index (χ4n) is 3.50. The molecule has 2 rings (SSSR count). The lowest BCUT2D eigenvalue weighted by atomic mass is 9.93. The zero-order valence-electron chi connectivity index (χ0n) is 18.6. The van der Waals surface area contributed by atoms with Crippen LogP contribution in [0.25, 0.3) is 10.4 Å². The average molecular weight is 444 g/mol. The number of benzene rings is 1. The Bertz CT molecular complexity index is 892. The van der Waals surface area contributed by atoms with Crippen LogP contribution in [0.5, 0.6) is 5.75 Å². The van der Waals surface area contributed by atoms with Crippen molar-refractivity contribution in [3.8, 4) is 5.75 Å². The minimum Gasteiger partial charge on any atom is -0.496 e. The number of cyclic esters (lactones) is 1. The van der Waals surface area contributed by atoms with Crippen molar-refractivity contribution in [2.75, 3.05) is 21.0 Å². The van der Waals surface area contributed by atoms with Crippen LogP contribution in [0.15, 0.2) is 47.6 Å². The largest absolute Gasteiger partial charge is 0.496 e. The fraction of sp³-hybridized carbons (Fsp3) is 0.478. The molecule has 0 spiro atoms. The lowest BCUT2D eigenvalue weighted by Gasteiger charge is -2.28. The van der Waals surface area contributed by atoms with Crippen molar-refractivity contribution in [2.24, 2.45) is 11.0 Å². The molecule has 9 heteroatoms. The van der Waals surface area contributed by atoms with Crippen molar-refractivity contribution < 1.29 is 28.5 Å². The smallest absolute Gasteiger partial charge is 0.342 e. The maximum Gasteiger partial charge on any atom is 0.342 e. The maximum atomic E-state index is 13.2. The van der Waals surface area contributed by atoms with Crippen molar-refractivity contribution >= 4 is 11.9 Å². The summed E-state index contributed by atoms with van der Waals surface area (Å²) in [7, 11) is 3.05. The number of esters is 1. The first-order chi connectivity index (χ1) is 15.5. The van der Waals surface area contributed by atoms with Gasteiger partial charge < -0.3 is 18.9 Å². The van der Waals surface area contributed by atoms with E-state index in [0.717, 1.165) is 18.1 Å². The average Bonchev–Trinajstić information content (AvgIpc) is 2.78. The van der Waals surface area contributed by atoms with Gasteiger partial charge in [-0.2, -0.15) is 0 Å². The standard InChI is InChI=1S/C23H29N3O6/c1-16-8-4-5-9-17-10-6-12-19(30-3)22(17)23(28)32-18(14-20(16)31-15-29-2)11-7-13-21(27)25-26-24/h4-7,10,12-13,16,18,20H,8-9,11,14-15H2,1-3H3/b5-4+,13-7+/t16-,18?,20+/m0/s1. The molecule has 9 nitrogen and oxygen atoms in total. The van der Waals surface area contributed by atoms with Crippen LogP contribution in [0.3, 0.4) is 0 Å². The number of amides is 1. The normalized spacial score (nSPS) is 22.6. The molecular formula is C23H29N3O6. The van der Waals surface area contributed by atoms with Gasteiger partial charge in [-0.15, -0.1) is 0 Å². The number of hydrogen-bond donors (Lipinski definition) is 0. The van der Waals surface area contributed by atoms with Gasteiger partial charge in [0.1, 0.15) is 24.2 Å². The van der Waals surface area contributed by atoms with E-state index in [1.54, 1.807) is 13.2 Å². The number of carbonyl (C=O) groups excluding carboxylic acids is 2. The van der Waals surface area contributed by atoms with Crippen LogP contribution in [-0.4, -0.2) is 45.1 Å². The Labute approximate surface area is 187 Å². The summed E-state index contributed by atoms with van der Waals surface area (Å²) in [5, 5.41) is 3.01. The van der Waals surface area contributed by atoms with Crippen LogP contribution < -0.4 is 4.74 Å². The molecule has 1 aliphatic heterocycles. The number of rotatable bonds is 7. The van der Waals surface area contributed by atoms with Gasteiger partial charge in [0.15, 0.2) is 0 Å². The molecule has 1 heterocycles. The zero-order chi connectivity index (χ0) is 23.3. The van der Waals surface area contributed by atoms with Crippen LogP contribution in [0.4, 0.5) is 0 Å². The predicted molar refractivity (Wildman–Crippen MR) is 118 cm³/mol. The summed E-state index contributed by atoms with van der Waals surface area (Å²) in [6.07, 6.45) is 7.96. The van der Waals surface area contributed by atoms with Gasteiger partial charge in [0, 0.05) is 24.9 Å². The van der Waals surface area contributed by atoms with E-state index in [-0.39, 0.29) is 25.2 Å². The number of hydrogen-bond acceptors (Lipinski definition) is 6. The summed E-state index contributed by atoms with van der Waals surface area (Å²) in [5.41, 5.74) is 9.55. The molecule has 0 fully saturated rings. The molecule has 0 saturated heterocycles. The second kappa shape index (κ2) is 13.3.